The molecule has 2 nitrogen and oxygen atoms in total. The van der Waals surface area contributed by atoms with Gasteiger partial charge in [0, 0.05) is 11.6 Å². The van der Waals surface area contributed by atoms with Crippen molar-refractivity contribution < 1.29 is 4.74 Å². The number of hydrogen-bond acceptors (Lipinski definition) is 2. The number of rotatable bonds is 4. The monoisotopic (exact) mass is 311 g/mol. The Morgan fingerprint density at radius 1 is 1.17 bits per heavy atom. The third-order valence-corrected chi connectivity index (χ3v) is 5.12. The number of hydrogen-bond donors (Lipinski definition) is 0. The number of fused-ring (bicyclic) bond motifs is 1. The molecule has 0 unspecified atom stereocenters. The van der Waals surface area contributed by atoms with E-state index in [0.29, 0.717) is 6.61 Å². The van der Waals surface area contributed by atoms with E-state index >= 15 is 0 Å². The number of allylic oxidation sites excluding steroid dienone is 2. The van der Waals surface area contributed by atoms with Gasteiger partial charge >= 0.3 is 0 Å². The largest absolute Gasteiger partial charge is 0.493 e. The minimum Gasteiger partial charge on any atom is -0.493 e. The molecule has 0 aliphatic heterocycles. The fourth-order valence-electron chi connectivity index (χ4n) is 3.41. The summed E-state index contributed by atoms with van der Waals surface area (Å²) in [6, 6.07) is 6.65. The molecular weight excluding hydrogens is 282 g/mol. The highest BCUT2D eigenvalue weighted by molar-refractivity contribution is 5.73. The van der Waals surface area contributed by atoms with Gasteiger partial charge in [0.2, 0.25) is 0 Å². The van der Waals surface area contributed by atoms with E-state index in [9.17, 15) is 0 Å². The fourth-order valence-corrected chi connectivity index (χ4v) is 3.41. The summed E-state index contributed by atoms with van der Waals surface area (Å²) in [6.45, 7) is 14.1. The molecule has 1 aromatic rings. The zero-order valence-electron chi connectivity index (χ0n) is 15.4. The average Bonchev–Trinajstić information content (AvgIpc) is 2.49. The first kappa shape index (κ1) is 17.6. The van der Waals surface area contributed by atoms with Crippen LogP contribution in [0.2, 0.25) is 0 Å². The van der Waals surface area contributed by atoms with Gasteiger partial charge in [-0.1, -0.05) is 34.6 Å². The Bertz CT molecular complexity index is 659. The lowest BCUT2D eigenvalue weighted by atomic mass is 9.62. The second-order valence-corrected chi connectivity index (χ2v) is 7.97. The van der Waals surface area contributed by atoms with Gasteiger partial charge < -0.3 is 4.74 Å². The Kier molecular flexibility index (Phi) is 4.90. The molecule has 1 aliphatic rings. The first-order valence-corrected chi connectivity index (χ1v) is 8.61. The molecule has 0 amide bonds. The maximum Gasteiger partial charge on any atom is 0.127 e. The summed E-state index contributed by atoms with van der Waals surface area (Å²) in [7, 11) is 0. The molecule has 0 atom stereocenters. The van der Waals surface area contributed by atoms with Crippen LogP contribution in [0.5, 0.6) is 5.75 Å². The normalized spacial score (nSPS) is 18.9. The lowest BCUT2D eigenvalue weighted by molar-refractivity contribution is 0.306. The molecule has 23 heavy (non-hydrogen) atoms. The molecule has 2 rings (SSSR count). The number of ether oxygens (including phenoxy) is 1. The molecule has 0 spiro atoms. The van der Waals surface area contributed by atoms with Crippen LogP contribution in [0.1, 0.15) is 77.5 Å². The van der Waals surface area contributed by atoms with Crippen molar-refractivity contribution in [2.24, 2.45) is 0 Å². The molecule has 0 radical (unpaired) electrons. The van der Waals surface area contributed by atoms with Crippen LogP contribution in [-0.2, 0) is 10.8 Å². The predicted octanol–water partition coefficient (Wildman–Crippen LogP) is 5.75. The van der Waals surface area contributed by atoms with E-state index < -0.39 is 0 Å². The van der Waals surface area contributed by atoms with Crippen LogP contribution in [-0.4, -0.2) is 6.61 Å². The molecule has 0 fully saturated rings. The number of nitrogens with zero attached hydrogens (tertiary/aromatic N) is 1. The third-order valence-electron chi connectivity index (χ3n) is 5.12. The Balaban J connectivity index is 2.68. The molecule has 1 aromatic carbocycles. The van der Waals surface area contributed by atoms with Crippen LogP contribution in [0.25, 0.3) is 5.57 Å². The molecule has 0 bridgehead atoms. The molecule has 0 N–H and O–H groups in total. The topological polar surface area (TPSA) is 33.0 Å². The molecule has 0 saturated heterocycles. The molecule has 0 heterocycles. The first-order chi connectivity index (χ1) is 10.7. The van der Waals surface area contributed by atoms with Crippen LogP contribution in [0.4, 0.5) is 0 Å². The zero-order valence-corrected chi connectivity index (χ0v) is 15.4. The van der Waals surface area contributed by atoms with Crippen molar-refractivity contribution in [1.82, 2.24) is 0 Å². The predicted molar refractivity (Wildman–Crippen MR) is 96.8 cm³/mol. The van der Waals surface area contributed by atoms with Crippen LogP contribution in [0.3, 0.4) is 0 Å². The number of nitriles is 1. The van der Waals surface area contributed by atoms with Crippen LogP contribution in [0, 0.1) is 11.3 Å². The minimum absolute atomic E-state index is 0.163. The Morgan fingerprint density at radius 2 is 1.74 bits per heavy atom. The van der Waals surface area contributed by atoms with Gasteiger partial charge in [-0.25, -0.2) is 0 Å². The summed E-state index contributed by atoms with van der Waals surface area (Å²) in [5, 5.41) is 9.02. The van der Waals surface area contributed by atoms with Crippen molar-refractivity contribution >= 4 is 5.57 Å². The van der Waals surface area contributed by atoms with Gasteiger partial charge in [-0.2, -0.15) is 5.26 Å². The van der Waals surface area contributed by atoms with E-state index in [1.165, 1.54) is 24.0 Å². The lowest BCUT2D eigenvalue weighted by Gasteiger charge is -2.42. The maximum absolute atomic E-state index is 9.02. The second kappa shape index (κ2) is 6.40. The summed E-state index contributed by atoms with van der Waals surface area (Å²) in [5.41, 5.74) is 5.16. The standard InChI is InChI=1S/C21H29NO/c1-7-12-23-19-14-18-17(13-16(19)15(2)8-11-22)20(3,4)9-10-21(18,5)6/h8,13-14H,7,9-10,12H2,1-6H3/b15-8-. The molecular formula is C21H29NO. The Morgan fingerprint density at radius 3 is 2.26 bits per heavy atom. The van der Waals surface area contributed by atoms with E-state index in [1.54, 1.807) is 6.08 Å². The van der Waals surface area contributed by atoms with Gasteiger partial charge in [0.1, 0.15) is 5.75 Å². The minimum atomic E-state index is 0.163. The Hall–Kier alpha value is -1.75. The molecule has 2 heteroatoms. The van der Waals surface area contributed by atoms with Gasteiger partial charge in [-0.05, 0) is 65.8 Å². The highest BCUT2D eigenvalue weighted by atomic mass is 16.5. The van der Waals surface area contributed by atoms with Gasteiger partial charge in [-0.15, -0.1) is 0 Å². The van der Waals surface area contributed by atoms with Crippen LogP contribution >= 0.6 is 0 Å². The summed E-state index contributed by atoms with van der Waals surface area (Å²) in [5.74, 6) is 0.917. The van der Waals surface area contributed by atoms with Crippen LogP contribution < -0.4 is 4.74 Å². The van der Waals surface area contributed by atoms with E-state index in [1.807, 2.05) is 6.92 Å². The average molecular weight is 311 g/mol. The van der Waals surface area contributed by atoms with Crippen molar-refractivity contribution in [1.29, 1.82) is 5.26 Å². The van der Waals surface area contributed by atoms with E-state index in [-0.39, 0.29) is 10.8 Å². The second-order valence-electron chi connectivity index (χ2n) is 7.97. The summed E-state index contributed by atoms with van der Waals surface area (Å²) in [6.07, 6.45) is 4.96. The quantitative estimate of drug-likeness (QED) is 0.663. The summed E-state index contributed by atoms with van der Waals surface area (Å²) in [4.78, 5) is 0. The third kappa shape index (κ3) is 3.44. The van der Waals surface area contributed by atoms with E-state index in [4.69, 9.17) is 10.00 Å². The van der Waals surface area contributed by atoms with Gasteiger partial charge in [0.05, 0.1) is 12.7 Å². The summed E-state index contributed by atoms with van der Waals surface area (Å²) >= 11 is 0. The smallest absolute Gasteiger partial charge is 0.127 e. The van der Waals surface area contributed by atoms with Crippen molar-refractivity contribution in [2.75, 3.05) is 6.61 Å². The SMILES string of the molecule is CCCOc1cc2c(cc1/C(C)=C\C#N)C(C)(C)CCC2(C)C. The zero-order chi connectivity index (χ0) is 17.3. The van der Waals surface area contributed by atoms with Crippen molar-refractivity contribution in [3.8, 4) is 11.8 Å². The van der Waals surface area contributed by atoms with E-state index in [2.05, 4.69) is 52.8 Å². The first-order valence-electron chi connectivity index (χ1n) is 8.61. The maximum atomic E-state index is 9.02. The van der Waals surface area contributed by atoms with E-state index in [0.717, 1.165) is 23.3 Å². The van der Waals surface area contributed by atoms with Crippen molar-refractivity contribution in [3.63, 3.8) is 0 Å². The molecule has 0 aromatic heterocycles. The lowest BCUT2D eigenvalue weighted by Crippen LogP contribution is -2.34. The molecule has 124 valence electrons. The Labute approximate surface area is 141 Å². The van der Waals surface area contributed by atoms with Crippen molar-refractivity contribution in [2.45, 2.75) is 71.6 Å². The highest BCUT2D eigenvalue weighted by Crippen LogP contribution is 2.48. The number of benzene rings is 1. The molecule has 0 saturated carbocycles. The van der Waals surface area contributed by atoms with Crippen LogP contribution in [0.15, 0.2) is 18.2 Å². The molecule has 1 aliphatic carbocycles. The van der Waals surface area contributed by atoms with Gasteiger partial charge in [0.25, 0.3) is 0 Å². The fraction of sp³-hybridized carbons (Fsp3) is 0.571. The van der Waals surface area contributed by atoms with Crippen molar-refractivity contribution in [3.05, 3.63) is 34.9 Å². The van der Waals surface area contributed by atoms with Gasteiger partial charge in [0.15, 0.2) is 0 Å². The highest BCUT2D eigenvalue weighted by Gasteiger charge is 2.38. The summed E-state index contributed by atoms with van der Waals surface area (Å²) < 4.78 is 6.03. The van der Waals surface area contributed by atoms with Gasteiger partial charge in [-0.3, -0.25) is 0 Å².